The second-order valence-corrected chi connectivity index (χ2v) is 9.58. The second-order valence-electron chi connectivity index (χ2n) is 9.58. The second kappa shape index (κ2) is 11.5. The average Bonchev–Trinajstić information content (AvgIpc) is 3.30. The van der Waals surface area contributed by atoms with Crippen LogP contribution in [0.15, 0.2) is 84.9 Å². The van der Waals surface area contributed by atoms with Gasteiger partial charge in [-0.1, -0.05) is 72.8 Å². The molecule has 3 aromatic rings. The van der Waals surface area contributed by atoms with Crippen LogP contribution in [0.2, 0.25) is 0 Å². The van der Waals surface area contributed by atoms with Crippen LogP contribution in [0, 0.1) is 0 Å². The Morgan fingerprint density at radius 2 is 1.23 bits per heavy atom. The molecule has 0 radical (unpaired) electrons. The van der Waals surface area contributed by atoms with Gasteiger partial charge < -0.3 is 9.64 Å². The minimum Gasteiger partial charge on any atom is -0.484 e. The first-order valence-corrected chi connectivity index (χ1v) is 12.8. The molecule has 0 unspecified atom stereocenters. The van der Waals surface area contributed by atoms with Gasteiger partial charge in [0.15, 0.2) is 6.61 Å². The average molecular weight is 470 g/mol. The SMILES string of the molecule is O=C(COc1ccc(C2N(Cc3ccccc3)CCN2Cc2ccccc2)cc1)N1CCCCC1. The summed E-state index contributed by atoms with van der Waals surface area (Å²) in [5.74, 6) is 0.842. The van der Waals surface area contributed by atoms with Crippen LogP contribution in [0.25, 0.3) is 0 Å². The van der Waals surface area contributed by atoms with E-state index >= 15 is 0 Å². The van der Waals surface area contributed by atoms with Crippen molar-refractivity contribution < 1.29 is 9.53 Å². The summed E-state index contributed by atoms with van der Waals surface area (Å²) in [5.41, 5.74) is 3.91. The van der Waals surface area contributed by atoms with E-state index in [1.54, 1.807) is 0 Å². The molecule has 0 aliphatic carbocycles. The number of nitrogens with zero attached hydrogens (tertiary/aromatic N) is 3. The normalized spacial score (nSPS) is 17.5. The quantitative estimate of drug-likeness (QED) is 0.460. The van der Waals surface area contributed by atoms with Gasteiger partial charge in [0.05, 0.1) is 6.17 Å². The summed E-state index contributed by atoms with van der Waals surface area (Å²) >= 11 is 0. The number of ether oxygens (including phenoxy) is 1. The lowest BCUT2D eigenvalue weighted by Gasteiger charge is -2.31. The molecule has 0 spiro atoms. The van der Waals surface area contributed by atoms with Gasteiger partial charge >= 0.3 is 0 Å². The summed E-state index contributed by atoms with van der Waals surface area (Å²) in [4.78, 5) is 19.5. The molecule has 35 heavy (non-hydrogen) atoms. The zero-order chi connectivity index (χ0) is 23.9. The van der Waals surface area contributed by atoms with Crippen LogP contribution < -0.4 is 4.74 Å². The van der Waals surface area contributed by atoms with Crippen LogP contribution in [-0.2, 0) is 17.9 Å². The molecule has 2 saturated heterocycles. The molecule has 2 fully saturated rings. The van der Waals surface area contributed by atoms with E-state index in [1.807, 2.05) is 17.0 Å². The van der Waals surface area contributed by atoms with Crippen molar-refractivity contribution in [3.05, 3.63) is 102 Å². The van der Waals surface area contributed by atoms with Crippen LogP contribution in [0.3, 0.4) is 0 Å². The van der Waals surface area contributed by atoms with Gasteiger partial charge in [0, 0.05) is 39.3 Å². The Hall–Kier alpha value is -3.15. The summed E-state index contributed by atoms with van der Waals surface area (Å²) in [5, 5.41) is 0. The van der Waals surface area contributed by atoms with Gasteiger partial charge in [0.2, 0.25) is 0 Å². The number of hydrogen-bond acceptors (Lipinski definition) is 4. The fourth-order valence-corrected chi connectivity index (χ4v) is 5.24. The van der Waals surface area contributed by atoms with Crippen molar-refractivity contribution in [1.29, 1.82) is 0 Å². The van der Waals surface area contributed by atoms with Crippen LogP contribution in [0.1, 0.15) is 42.1 Å². The number of benzene rings is 3. The van der Waals surface area contributed by atoms with E-state index in [4.69, 9.17) is 4.74 Å². The Morgan fingerprint density at radius 1 is 0.686 bits per heavy atom. The smallest absolute Gasteiger partial charge is 0.260 e. The molecule has 0 aromatic heterocycles. The molecular weight excluding hydrogens is 434 g/mol. The number of rotatable bonds is 8. The van der Waals surface area contributed by atoms with Crippen molar-refractivity contribution in [3.8, 4) is 5.75 Å². The molecular formula is C30H35N3O2. The van der Waals surface area contributed by atoms with Gasteiger partial charge in [-0.15, -0.1) is 0 Å². The Morgan fingerprint density at radius 3 is 1.77 bits per heavy atom. The highest BCUT2D eigenvalue weighted by molar-refractivity contribution is 5.77. The highest BCUT2D eigenvalue weighted by Crippen LogP contribution is 2.33. The maximum atomic E-state index is 12.5. The molecule has 1 amide bonds. The lowest BCUT2D eigenvalue weighted by Crippen LogP contribution is -2.38. The summed E-state index contributed by atoms with van der Waals surface area (Å²) in [6.07, 6.45) is 3.61. The van der Waals surface area contributed by atoms with Gasteiger partial charge in [0.1, 0.15) is 5.75 Å². The van der Waals surface area contributed by atoms with Crippen molar-refractivity contribution in [2.75, 3.05) is 32.8 Å². The molecule has 5 heteroatoms. The van der Waals surface area contributed by atoms with E-state index in [0.29, 0.717) is 0 Å². The Balaban J connectivity index is 1.28. The maximum Gasteiger partial charge on any atom is 0.260 e. The van der Waals surface area contributed by atoms with E-state index in [1.165, 1.54) is 23.1 Å². The molecule has 0 N–H and O–H groups in total. The highest BCUT2D eigenvalue weighted by Gasteiger charge is 2.33. The van der Waals surface area contributed by atoms with E-state index < -0.39 is 0 Å². The molecule has 182 valence electrons. The Bertz CT molecular complexity index is 1020. The molecule has 0 bridgehead atoms. The van der Waals surface area contributed by atoms with E-state index in [-0.39, 0.29) is 18.7 Å². The number of carbonyl (C=O) groups is 1. The molecule has 5 rings (SSSR count). The predicted octanol–water partition coefficient (Wildman–Crippen LogP) is 5.09. The first-order valence-electron chi connectivity index (χ1n) is 12.8. The standard InChI is InChI=1S/C30H35N3O2/c34-29(31-18-8-3-9-19-31)24-35-28-16-14-27(15-17-28)30-32(22-25-10-4-1-5-11-25)20-21-33(30)23-26-12-6-2-7-13-26/h1-2,4-7,10-17,30H,3,8-9,18-24H2. The van der Waals surface area contributed by atoms with Crippen LogP contribution in [0.4, 0.5) is 0 Å². The minimum absolute atomic E-state index is 0.0904. The zero-order valence-corrected chi connectivity index (χ0v) is 20.4. The van der Waals surface area contributed by atoms with Crippen LogP contribution in [0.5, 0.6) is 5.75 Å². The van der Waals surface area contributed by atoms with Gasteiger partial charge in [-0.2, -0.15) is 0 Å². The van der Waals surface area contributed by atoms with E-state index in [0.717, 1.165) is 57.9 Å². The number of carbonyl (C=O) groups excluding carboxylic acids is 1. The summed E-state index contributed by atoms with van der Waals surface area (Å²) in [6, 6.07) is 29.7. The predicted molar refractivity (Wildman–Crippen MR) is 139 cm³/mol. The summed E-state index contributed by atoms with van der Waals surface area (Å²) in [6.45, 7) is 5.71. The molecule has 3 aromatic carbocycles. The lowest BCUT2D eigenvalue weighted by molar-refractivity contribution is -0.134. The van der Waals surface area contributed by atoms with E-state index in [9.17, 15) is 4.79 Å². The van der Waals surface area contributed by atoms with Gasteiger partial charge in [-0.05, 0) is 48.1 Å². The van der Waals surface area contributed by atoms with Crippen molar-refractivity contribution in [2.24, 2.45) is 0 Å². The fraction of sp³-hybridized carbons (Fsp3) is 0.367. The lowest BCUT2D eigenvalue weighted by atomic mass is 10.1. The number of likely N-dealkylation sites (tertiary alicyclic amines) is 1. The fourth-order valence-electron chi connectivity index (χ4n) is 5.24. The van der Waals surface area contributed by atoms with E-state index in [2.05, 4.69) is 82.6 Å². The highest BCUT2D eigenvalue weighted by atomic mass is 16.5. The van der Waals surface area contributed by atoms with Crippen molar-refractivity contribution >= 4 is 5.91 Å². The number of amides is 1. The Kier molecular flexibility index (Phi) is 7.76. The number of hydrogen-bond donors (Lipinski definition) is 0. The number of piperidine rings is 1. The third kappa shape index (κ3) is 6.11. The molecule has 2 aliphatic rings. The first kappa shape index (κ1) is 23.6. The van der Waals surface area contributed by atoms with Crippen molar-refractivity contribution in [1.82, 2.24) is 14.7 Å². The maximum absolute atomic E-state index is 12.5. The molecule has 5 nitrogen and oxygen atoms in total. The molecule has 2 heterocycles. The largest absolute Gasteiger partial charge is 0.484 e. The van der Waals surface area contributed by atoms with Gasteiger partial charge in [0.25, 0.3) is 5.91 Å². The first-order chi connectivity index (χ1) is 17.3. The molecule has 0 atom stereocenters. The third-order valence-corrected chi connectivity index (χ3v) is 7.07. The summed E-state index contributed by atoms with van der Waals surface area (Å²) < 4.78 is 5.87. The topological polar surface area (TPSA) is 36.0 Å². The molecule has 0 saturated carbocycles. The zero-order valence-electron chi connectivity index (χ0n) is 20.4. The summed E-state index contributed by atoms with van der Waals surface area (Å²) in [7, 11) is 0. The minimum atomic E-state index is 0.0904. The third-order valence-electron chi connectivity index (χ3n) is 7.07. The molecule has 2 aliphatic heterocycles. The Labute approximate surface area is 208 Å². The van der Waals surface area contributed by atoms with Gasteiger partial charge in [-0.25, -0.2) is 0 Å². The van der Waals surface area contributed by atoms with Crippen LogP contribution in [-0.4, -0.2) is 53.4 Å². The van der Waals surface area contributed by atoms with Gasteiger partial charge in [-0.3, -0.25) is 14.6 Å². The van der Waals surface area contributed by atoms with Crippen LogP contribution >= 0.6 is 0 Å². The monoisotopic (exact) mass is 469 g/mol. The van der Waals surface area contributed by atoms with Crippen molar-refractivity contribution in [2.45, 2.75) is 38.5 Å². The van der Waals surface area contributed by atoms with Crippen molar-refractivity contribution in [3.63, 3.8) is 0 Å².